The Morgan fingerprint density at radius 3 is 2.62 bits per heavy atom. The monoisotopic (exact) mass is 178 g/mol. The molecule has 72 valence electrons. The average molecular weight is 178 g/mol. The van der Waals surface area contributed by atoms with Crippen LogP contribution in [-0.4, -0.2) is 12.7 Å². The molecule has 0 aliphatic carbocycles. The van der Waals surface area contributed by atoms with Gasteiger partial charge in [0.1, 0.15) is 0 Å². The summed E-state index contributed by atoms with van der Waals surface area (Å²) < 4.78 is 0. The highest BCUT2D eigenvalue weighted by atomic mass is 15.2. The van der Waals surface area contributed by atoms with Crippen molar-refractivity contribution in [2.75, 3.05) is 11.4 Å². The summed E-state index contributed by atoms with van der Waals surface area (Å²) in [5.41, 5.74) is 8.34. The highest BCUT2D eigenvalue weighted by Gasteiger charge is 2.07. The van der Waals surface area contributed by atoms with Gasteiger partial charge in [-0.1, -0.05) is 12.1 Å². The zero-order valence-corrected chi connectivity index (χ0v) is 8.62. The number of nitrogens with zero attached hydrogens (tertiary/aromatic N) is 1. The zero-order chi connectivity index (χ0) is 9.84. The maximum atomic E-state index is 5.86. The van der Waals surface area contributed by atoms with Gasteiger partial charge in [-0.25, -0.2) is 0 Å². The Hall–Kier alpha value is -1.02. The number of aryl methyl sites for hydroxylation is 1. The normalized spacial score (nSPS) is 12.6. The maximum Gasteiger partial charge on any atom is 0.0742 e. The fourth-order valence-electron chi connectivity index (χ4n) is 1.51. The van der Waals surface area contributed by atoms with E-state index in [9.17, 15) is 0 Å². The zero-order valence-electron chi connectivity index (χ0n) is 8.62. The Labute approximate surface area is 80.4 Å². The van der Waals surface area contributed by atoms with Crippen molar-refractivity contribution >= 4 is 5.69 Å². The molecule has 0 spiro atoms. The molecular weight excluding hydrogens is 160 g/mol. The van der Waals surface area contributed by atoms with Crippen molar-refractivity contribution < 1.29 is 0 Å². The second-order valence-corrected chi connectivity index (χ2v) is 3.37. The number of anilines is 1. The molecule has 0 fully saturated rings. The summed E-state index contributed by atoms with van der Waals surface area (Å²) in [6.07, 6.45) is 0.0757. The third kappa shape index (κ3) is 2.46. The summed E-state index contributed by atoms with van der Waals surface area (Å²) in [6.45, 7) is 7.16. The number of hydrogen-bond donors (Lipinski definition) is 1. The second kappa shape index (κ2) is 4.28. The first-order valence-corrected chi connectivity index (χ1v) is 4.74. The van der Waals surface area contributed by atoms with E-state index >= 15 is 0 Å². The van der Waals surface area contributed by atoms with Gasteiger partial charge in [0.25, 0.3) is 0 Å². The van der Waals surface area contributed by atoms with E-state index in [1.807, 2.05) is 6.92 Å². The summed E-state index contributed by atoms with van der Waals surface area (Å²) in [7, 11) is 0. The van der Waals surface area contributed by atoms with Crippen LogP contribution in [0.25, 0.3) is 0 Å². The highest BCUT2D eigenvalue weighted by molar-refractivity contribution is 5.48. The SMILES string of the molecule is CCN(c1cccc(C)c1)C(C)N. The minimum atomic E-state index is 0.0757. The van der Waals surface area contributed by atoms with Gasteiger partial charge in [-0.2, -0.15) is 0 Å². The van der Waals surface area contributed by atoms with E-state index in [4.69, 9.17) is 5.73 Å². The van der Waals surface area contributed by atoms with Crippen LogP contribution in [0.4, 0.5) is 5.69 Å². The molecular formula is C11H18N2. The van der Waals surface area contributed by atoms with Crippen molar-refractivity contribution in [3.63, 3.8) is 0 Å². The third-order valence-electron chi connectivity index (χ3n) is 2.17. The summed E-state index contributed by atoms with van der Waals surface area (Å²) in [4.78, 5) is 2.17. The predicted octanol–water partition coefficient (Wildman–Crippen LogP) is 2.13. The van der Waals surface area contributed by atoms with E-state index in [0.29, 0.717) is 0 Å². The lowest BCUT2D eigenvalue weighted by atomic mass is 10.2. The second-order valence-electron chi connectivity index (χ2n) is 3.37. The average Bonchev–Trinajstić information content (AvgIpc) is 2.04. The Morgan fingerprint density at radius 1 is 1.46 bits per heavy atom. The van der Waals surface area contributed by atoms with Gasteiger partial charge in [0.15, 0.2) is 0 Å². The van der Waals surface area contributed by atoms with Gasteiger partial charge in [-0.3, -0.25) is 0 Å². The van der Waals surface area contributed by atoms with Crippen LogP contribution in [0.5, 0.6) is 0 Å². The first-order valence-electron chi connectivity index (χ1n) is 4.74. The molecule has 0 aliphatic rings. The van der Waals surface area contributed by atoms with Crippen molar-refractivity contribution in [1.29, 1.82) is 0 Å². The van der Waals surface area contributed by atoms with Gasteiger partial charge in [0.2, 0.25) is 0 Å². The molecule has 2 N–H and O–H groups in total. The molecule has 0 amide bonds. The summed E-state index contributed by atoms with van der Waals surface area (Å²) >= 11 is 0. The molecule has 13 heavy (non-hydrogen) atoms. The number of benzene rings is 1. The maximum absolute atomic E-state index is 5.86. The van der Waals surface area contributed by atoms with Gasteiger partial charge < -0.3 is 10.6 Å². The van der Waals surface area contributed by atoms with Crippen LogP contribution < -0.4 is 10.6 Å². The topological polar surface area (TPSA) is 29.3 Å². The van der Waals surface area contributed by atoms with Gasteiger partial charge in [0.05, 0.1) is 6.17 Å². The first-order chi connectivity index (χ1) is 6.15. The molecule has 1 unspecified atom stereocenters. The minimum absolute atomic E-state index is 0.0757. The van der Waals surface area contributed by atoms with E-state index in [1.54, 1.807) is 0 Å². The molecule has 0 radical (unpaired) electrons. The Bertz CT molecular complexity index is 269. The standard InChI is InChI=1S/C11H18N2/c1-4-13(10(3)12)11-7-5-6-9(2)8-11/h5-8,10H,4,12H2,1-3H3. The molecule has 1 aromatic rings. The molecule has 2 heteroatoms. The van der Waals surface area contributed by atoms with E-state index in [2.05, 4.69) is 43.0 Å². The van der Waals surface area contributed by atoms with Crippen molar-refractivity contribution in [2.45, 2.75) is 26.9 Å². The minimum Gasteiger partial charge on any atom is -0.357 e. The van der Waals surface area contributed by atoms with E-state index in [1.165, 1.54) is 11.3 Å². The molecule has 0 aliphatic heterocycles. The third-order valence-corrected chi connectivity index (χ3v) is 2.17. The van der Waals surface area contributed by atoms with Gasteiger partial charge in [-0.05, 0) is 38.5 Å². The smallest absolute Gasteiger partial charge is 0.0742 e. The van der Waals surface area contributed by atoms with Crippen molar-refractivity contribution in [3.05, 3.63) is 29.8 Å². The van der Waals surface area contributed by atoms with E-state index in [-0.39, 0.29) is 6.17 Å². The van der Waals surface area contributed by atoms with Crippen LogP contribution in [0.3, 0.4) is 0 Å². The van der Waals surface area contributed by atoms with E-state index in [0.717, 1.165) is 6.54 Å². The summed E-state index contributed by atoms with van der Waals surface area (Å²) in [5, 5.41) is 0. The summed E-state index contributed by atoms with van der Waals surface area (Å²) in [5.74, 6) is 0. The molecule has 0 heterocycles. The van der Waals surface area contributed by atoms with Crippen molar-refractivity contribution in [1.82, 2.24) is 0 Å². The molecule has 1 aromatic carbocycles. The van der Waals surface area contributed by atoms with Gasteiger partial charge in [0, 0.05) is 12.2 Å². The van der Waals surface area contributed by atoms with Crippen molar-refractivity contribution in [3.8, 4) is 0 Å². The number of rotatable bonds is 3. The lowest BCUT2D eigenvalue weighted by Gasteiger charge is -2.27. The molecule has 1 rings (SSSR count). The number of nitrogens with two attached hydrogens (primary N) is 1. The molecule has 0 bridgehead atoms. The van der Waals surface area contributed by atoms with Crippen molar-refractivity contribution in [2.24, 2.45) is 5.73 Å². The predicted molar refractivity (Wildman–Crippen MR) is 57.8 cm³/mol. The first kappa shape index (κ1) is 10.1. The molecule has 2 nitrogen and oxygen atoms in total. The fourth-order valence-corrected chi connectivity index (χ4v) is 1.51. The van der Waals surface area contributed by atoms with Crippen LogP contribution in [0.2, 0.25) is 0 Å². The fraction of sp³-hybridized carbons (Fsp3) is 0.455. The Balaban J connectivity index is 2.91. The molecule has 0 saturated carbocycles. The highest BCUT2D eigenvalue weighted by Crippen LogP contribution is 2.16. The van der Waals surface area contributed by atoms with Gasteiger partial charge >= 0.3 is 0 Å². The van der Waals surface area contributed by atoms with E-state index < -0.39 is 0 Å². The van der Waals surface area contributed by atoms with Crippen LogP contribution >= 0.6 is 0 Å². The Kier molecular flexibility index (Phi) is 3.32. The van der Waals surface area contributed by atoms with Crippen LogP contribution in [0.15, 0.2) is 24.3 Å². The van der Waals surface area contributed by atoms with Crippen LogP contribution in [-0.2, 0) is 0 Å². The lowest BCUT2D eigenvalue weighted by molar-refractivity contribution is 0.676. The number of hydrogen-bond acceptors (Lipinski definition) is 2. The molecule has 0 aromatic heterocycles. The van der Waals surface area contributed by atoms with Crippen LogP contribution in [0, 0.1) is 6.92 Å². The summed E-state index contributed by atoms with van der Waals surface area (Å²) in [6, 6.07) is 8.42. The quantitative estimate of drug-likeness (QED) is 0.718. The largest absolute Gasteiger partial charge is 0.357 e. The molecule has 0 saturated heterocycles. The lowest BCUT2D eigenvalue weighted by Crippen LogP contribution is -2.39. The molecule has 1 atom stereocenters. The Morgan fingerprint density at radius 2 is 2.15 bits per heavy atom. The van der Waals surface area contributed by atoms with Gasteiger partial charge in [-0.15, -0.1) is 0 Å². The van der Waals surface area contributed by atoms with Crippen LogP contribution in [0.1, 0.15) is 19.4 Å².